The van der Waals surface area contributed by atoms with Gasteiger partial charge in [-0.25, -0.2) is 4.79 Å². The average molecular weight is 297 g/mol. The Hall–Kier alpha value is -2.95. The Labute approximate surface area is 115 Å². The van der Waals surface area contributed by atoms with Gasteiger partial charge in [-0.05, 0) is 24.3 Å². The lowest BCUT2D eigenvalue weighted by molar-refractivity contribution is -0.138. The van der Waals surface area contributed by atoms with E-state index in [0.717, 1.165) is 24.3 Å². The summed E-state index contributed by atoms with van der Waals surface area (Å²) in [5, 5.41) is 17.3. The summed E-state index contributed by atoms with van der Waals surface area (Å²) in [5.74, 6) is -2.83. The molecule has 0 aliphatic rings. The number of carboxylic acids is 1. The van der Waals surface area contributed by atoms with Gasteiger partial charge in [-0.15, -0.1) is 0 Å². The molecule has 0 bridgehead atoms. The molecule has 108 valence electrons. The van der Waals surface area contributed by atoms with Gasteiger partial charge in [0.2, 0.25) is 5.76 Å². The monoisotopic (exact) mass is 297 g/mol. The molecule has 1 N–H and O–H groups in total. The Morgan fingerprint density at radius 3 is 2.52 bits per heavy atom. The van der Waals surface area contributed by atoms with Gasteiger partial charge in [0, 0.05) is 6.07 Å². The maximum absolute atomic E-state index is 12.9. The van der Waals surface area contributed by atoms with Gasteiger partial charge in [-0.1, -0.05) is 0 Å². The molecule has 0 saturated carbocycles. The second-order valence-corrected chi connectivity index (χ2v) is 3.85. The van der Waals surface area contributed by atoms with E-state index in [9.17, 15) is 18.0 Å². The highest BCUT2D eigenvalue weighted by molar-refractivity contribution is 5.84. The summed E-state index contributed by atoms with van der Waals surface area (Å²) in [4.78, 5) is 10.6. The van der Waals surface area contributed by atoms with Crippen LogP contribution in [0, 0.1) is 11.3 Å². The Morgan fingerprint density at radius 1 is 1.29 bits per heavy atom. The minimum Gasteiger partial charge on any atom is -0.475 e. The van der Waals surface area contributed by atoms with E-state index >= 15 is 0 Å². The van der Waals surface area contributed by atoms with Gasteiger partial charge < -0.3 is 14.3 Å². The molecule has 0 radical (unpaired) electrons. The highest BCUT2D eigenvalue weighted by atomic mass is 19.4. The molecule has 0 unspecified atom stereocenters. The first-order valence-electron chi connectivity index (χ1n) is 5.43. The number of furan rings is 1. The fraction of sp³-hybridized carbons (Fsp3) is 0.0769. The second kappa shape index (κ2) is 5.20. The Bertz CT molecular complexity index is 728. The van der Waals surface area contributed by atoms with Crippen LogP contribution < -0.4 is 4.74 Å². The second-order valence-electron chi connectivity index (χ2n) is 3.85. The van der Waals surface area contributed by atoms with Crippen molar-refractivity contribution in [1.82, 2.24) is 0 Å². The number of hydrogen-bond donors (Lipinski definition) is 1. The van der Waals surface area contributed by atoms with Crippen LogP contribution in [-0.2, 0) is 6.18 Å². The summed E-state index contributed by atoms with van der Waals surface area (Å²) < 4.78 is 48.3. The third-order valence-electron chi connectivity index (χ3n) is 2.42. The van der Waals surface area contributed by atoms with E-state index in [4.69, 9.17) is 19.5 Å². The van der Waals surface area contributed by atoms with Crippen LogP contribution in [0.3, 0.4) is 0 Å². The molecule has 0 amide bonds. The van der Waals surface area contributed by atoms with Crippen LogP contribution in [0.15, 0.2) is 34.7 Å². The van der Waals surface area contributed by atoms with Gasteiger partial charge in [0.05, 0.1) is 17.2 Å². The van der Waals surface area contributed by atoms with E-state index in [-0.39, 0.29) is 5.56 Å². The molecule has 0 aliphatic carbocycles. The number of rotatable bonds is 3. The molecule has 0 atom stereocenters. The summed E-state index contributed by atoms with van der Waals surface area (Å²) in [5.41, 5.74) is -1.34. The molecule has 8 heteroatoms. The van der Waals surface area contributed by atoms with Crippen molar-refractivity contribution in [3.8, 4) is 17.8 Å². The van der Waals surface area contributed by atoms with Crippen molar-refractivity contribution in [1.29, 1.82) is 5.26 Å². The van der Waals surface area contributed by atoms with Crippen molar-refractivity contribution in [3.63, 3.8) is 0 Å². The van der Waals surface area contributed by atoms with Gasteiger partial charge in [0.15, 0.2) is 0 Å². The smallest absolute Gasteiger partial charge is 0.420 e. The van der Waals surface area contributed by atoms with Gasteiger partial charge in [-0.3, -0.25) is 0 Å². The lowest BCUT2D eigenvalue weighted by Gasteiger charge is -2.12. The maximum Gasteiger partial charge on any atom is 0.420 e. The van der Waals surface area contributed by atoms with Crippen molar-refractivity contribution < 1.29 is 32.2 Å². The van der Waals surface area contributed by atoms with Crippen LogP contribution in [0.5, 0.6) is 11.7 Å². The van der Waals surface area contributed by atoms with Crippen molar-refractivity contribution >= 4 is 5.97 Å². The van der Waals surface area contributed by atoms with Crippen molar-refractivity contribution in [2.45, 2.75) is 6.18 Å². The molecule has 2 rings (SSSR count). The molecule has 1 aromatic heterocycles. The Kier molecular flexibility index (Phi) is 3.58. The number of aromatic carboxylic acids is 1. The maximum atomic E-state index is 12.9. The third kappa shape index (κ3) is 3.14. The number of alkyl halides is 3. The van der Waals surface area contributed by atoms with Gasteiger partial charge in [0.25, 0.3) is 5.95 Å². The van der Waals surface area contributed by atoms with Gasteiger partial charge in [0.1, 0.15) is 5.75 Å². The first kappa shape index (κ1) is 14.5. The zero-order valence-corrected chi connectivity index (χ0v) is 10.1. The fourth-order valence-corrected chi connectivity index (χ4v) is 1.51. The SMILES string of the molecule is N#Cc1ccc(Oc2ccc(C(=O)O)o2)c(C(F)(F)F)c1. The lowest BCUT2D eigenvalue weighted by Crippen LogP contribution is -2.07. The van der Waals surface area contributed by atoms with Gasteiger partial charge in [-0.2, -0.15) is 18.4 Å². The summed E-state index contributed by atoms with van der Waals surface area (Å²) in [6.07, 6.45) is -4.73. The van der Waals surface area contributed by atoms with E-state index in [1.165, 1.54) is 0 Å². The largest absolute Gasteiger partial charge is 0.475 e. The average Bonchev–Trinajstić information content (AvgIpc) is 2.86. The summed E-state index contributed by atoms with van der Waals surface area (Å²) >= 11 is 0. The van der Waals surface area contributed by atoms with E-state index in [0.29, 0.717) is 6.07 Å². The zero-order valence-electron chi connectivity index (χ0n) is 10.1. The minimum absolute atomic E-state index is 0.180. The Balaban J connectivity index is 2.39. The first-order valence-corrected chi connectivity index (χ1v) is 5.43. The number of halogens is 3. The normalized spacial score (nSPS) is 11.0. The number of hydrogen-bond acceptors (Lipinski definition) is 4. The number of ether oxygens (including phenoxy) is 1. The zero-order chi connectivity index (χ0) is 15.6. The highest BCUT2D eigenvalue weighted by Crippen LogP contribution is 2.38. The van der Waals surface area contributed by atoms with Crippen LogP contribution in [0.25, 0.3) is 0 Å². The van der Waals surface area contributed by atoms with Crippen LogP contribution in [0.4, 0.5) is 13.2 Å². The molecule has 0 spiro atoms. The van der Waals surface area contributed by atoms with E-state index in [1.807, 2.05) is 0 Å². The van der Waals surface area contributed by atoms with Crippen molar-refractivity contribution in [2.24, 2.45) is 0 Å². The van der Waals surface area contributed by atoms with Crippen LogP contribution in [0.1, 0.15) is 21.7 Å². The Morgan fingerprint density at radius 2 is 2.00 bits per heavy atom. The third-order valence-corrected chi connectivity index (χ3v) is 2.42. The van der Waals surface area contributed by atoms with E-state index < -0.39 is 35.2 Å². The molecule has 21 heavy (non-hydrogen) atoms. The van der Waals surface area contributed by atoms with E-state index in [1.54, 1.807) is 6.07 Å². The molecular formula is C13H6F3NO4. The molecule has 0 fully saturated rings. The van der Waals surface area contributed by atoms with Gasteiger partial charge >= 0.3 is 12.1 Å². The summed E-state index contributed by atoms with van der Waals surface area (Å²) in [7, 11) is 0. The van der Waals surface area contributed by atoms with Crippen molar-refractivity contribution in [3.05, 3.63) is 47.2 Å². The number of nitrogens with zero attached hydrogens (tertiary/aromatic N) is 1. The molecule has 1 aromatic carbocycles. The number of nitriles is 1. The standard InChI is InChI=1S/C13H6F3NO4/c14-13(15,16)8-5-7(6-17)1-2-9(8)20-11-4-3-10(21-11)12(18)19/h1-5H,(H,18,19). The molecule has 5 nitrogen and oxygen atoms in total. The molecule has 2 aromatic rings. The molecule has 1 heterocycles. The van der Waals surface area contributed by atoms with Crippen molar-refractivity contribution in [2.75, 3.05) is 0 Å². The number of benzene rings is 1. The lowest BCUT2D eigenvalue weighted by atomic mass is 10.1. The molecular weight excluding hydrogens is 291 g/mol. The minimum atomic E-state index is -4.73. The molecule has 0 aliphatic heterocycles. The highest BCUT2D eigenvalue weighted by Gasteiger charge is 2.35. The predicted molar refractivity (Wildman–Crippen MR) is 61.9 cm³/mol. The van der Waals surface area contributed by atoms with Crippen LogP contribution in [-0.4, -0.2) is 11.1 Å². The topological polar surface area (TPSA) is 83.5 Å². The predicted octanol–water partition coefficient (Wildman–Crippen LogP) is 3.66. The van der Waals surface area contributed by atoms with Crippen LogP contribution >= 0.6 is 0 Å². The summed E-state index contributed by atoms with van der Waals surface area (Å²) in [6.45, 7) is 0. The first-order chi connectivity index (χ1) is 9.81. The number of carbonyl (C=O) groups is 1. The fourth-order valence-electron chi connectivity index (χ4n) is 1.51. The van der Waals surface area contributed by atoms with Crippen LogP contribution in [0.2, 0.25) is 0 Å². The number of carboxylic acid groups (broad SMARTS) is 1. The van der Waals surface area contributed by atoms with E-state index in [2.05, 4.69) is 0 Å². The summed E-state index contributed by atoms with van der Waals surface area (Å²) in [6, 6.07) is 6.47. The molecule has 0 saturated heterocycles. The quantitative estimate of drug-likeness (QED) is 0.934.